The molecular formula is C11H7BrFN3O. The fraction of sp³-hybridized carbons (Fsp3) is 0. The number of nitrogens with zero attached hydrogens (tertiary/aromatic N) is 2. The van der Waals surface area contributed by atoms with Gasteiger partial charge in [-0.05, 0) is 34.1 Å². The van der Waals surface area contributed by atoms with Gasteiger partial charge in [-0.2, -0.15) is 0 Å². The molecule has 17 heavy (non-hydrogen) atoms. The number of nitrogens with one attached hydrogen (secondary N) is 1. The normalized spacial score (nSPS) is 10.0. The van der Waals surface area contributed by atoms with Crippen molar-refractivity contribution in [3.8, 4) is 0 Å². The van der Waals surface area contributed by atoms with Crippen LogP contribution in [0.1, 0.15) is 10.4 Å². The molecular weight excluding hydrogens is 289 g/mol. The number of carbonyl (C=O) groups excluding carboxylic acids is 1. The minimum absolute atomic E-state index is 0.169. The van der Waals surface area contributed by atoms with Crippen LogP contribution in [0.5, 0.6) is 0 Å². The fourth-order valence-electron chi connectivity index (χ4n) is 1.18. The molecule has 1 amide bonds. The second-order valence-electron chi connectivity index (χ2n) is 3.19. The summed E-state index contributed by atoms with van der Waals surface area (Å²) in [5.41, 5.74) is 0.219. The highest BCUT2D eigenvalue weighted by molar-refractivity contribution is 9.10. The summed E-state index contributed by atoms with van der Waals surface area (Å²) >= 11 is 3.18. The Morgan fingerprint density at radius 3 is 2.65 bits per heavy atom. The highest BCUT2D eigenvalue weighted by atomic mass is 79.9. The van der Waals surface area contributed by atoms with Crippen LogP contribution in [0.2, 0.25) is 0 Å². The second kappa shape index (κ2) is 5.01. The third-order valence-electron chi connectivity index (χ3n) is 1.93. The lowest BCUT2D eigenvalue weighted by Crippen LogP contribution is -2.14. The van der Waals surface area contributed by atoms with Gasteiger partial charge in [0.1, 0.15) is 5.82 Å². The predicted molar refractivity (Wildman–Crippen MR) is 64.1 cm³/mol. The smallest absolute Gasteiger partial charge is 0.258 e. The first-order valence-electron chi connectivity index (χ1n) is 4.69. The van der Waals surface area contributed by atoms with Gasteiger partial charge in [-0.25, -0.2) is 14.4 Å². The third-order valence-corrected chi connectivity index (χ3v) is 2.34. The van der Waals surface area contributed by atoms with Crippen LogP contribution in [0.25, 0.3) is 0 Å². The monoisotopic (exact) mass is 295 g/mol. The van der Waals surface area contributed by atoms with E-state index in [4.69, 9.17) is 0 Å². The van der Waals surface area contributed by atoms with Crippen molar-refractivity contribution in [1.82, 2.24) is 9.97 Å². The van der Waals surface area contributed by atoms with Crippen molar-refractivity contribution in [2.45, 2.75) is 0 Å². The molecule has 0 unspecified atom stereocenters. The summed E-state index contributed by atoms with van der Waals surface area (Å²) in [6.07, 6.45) is 3.02. The molecule has 0 aliphatic heterocycles. The minimum Gasteiger partial charge on any atom is -0.290 e. The average Bonchev–Trinajstić information content (AvgIpc) is 2.32. The van der Waals surface area contributed by atoms with Crippen LogP contribution >= 0.6 is 15.9 Å². The standard InChI is InChI=1S/C11H7BrFN3O/c12-8-5-14-11(15-6-8)16-10(17)7-2-1-3-9(13)4-7/h1-6H,(H,14,15,16,17). The summed E-state index contributed by atoms with van der Waals surface area (Å²) in [5.74, 6) is -0.747. The van der Waals surface area contributed by atoms with Crippen molar-refractivity contribution in [3.05, 3.63) is 52.5 Å². The van der Waals surface area contributed by atoms with E-state index in [9.17, 15) is 9.18 Å². The van der Waals surface area contributed by atoms with E-state index in [0.29, 0.717) is 4.47 Å². The van der Waals surface area contributed by atoms with Gasteiger partial charge in [-0.1, -0.05) is 6.07 Å². The zero-order valence-corrected chi connectivity index (χ0v) is 10.1. The lowest BCUT2D eigenvalue weighted by molar-refractivity contribution is 0.102. The Labute approximate surface area is 105 Å². The number of aromatic nitrogens is 2. The molecule has 2 rings (SSSR count). The number of amides is 1. The van der Waals surface area contributed by atoms with Crippen LogP contribution in [0.15, 0.2) is 41.1 Å². The van der Waals surface area contributed by atoms with Crippen LogP contribution in [0.3, 0.4) is 0 Å². The number of hydrogen-bond donors (Lipinski definition) is 1. The van der Waals surface area contributed by atoms with Gasteiger partial charge in [0.15, 0.2) is 0 Å². The highest BCUT2D eigenvalue weighted by Gasteiger charge is 2.08. The Morgan fingerprint density at radius 2 is 2.00 bits per heavy atom. The molecule has 0 spiro atoms. The number of halogens is 2. The van der Waals surface area contributed by atoms with E-state index in [-0.39, 0.29) is 11.5 Å². The van der Waals surface area contributed by atoms with Crippen LogP contribution in [-0.2, 0) is 0 Å². The molecule has 0 aliphatic rings. The van der Waals surface area contributed by atoms with E-state index in [0.717, 1.165) is 6.07 Å². The van der Waals surface area contributed by atoms with Crippen molar-refractivity contribution in [2.24, 2.45) is 0 Å². The predicted octanol–water partition coefficient (Wildman–Crippen LogP) is 2.63. The molecule has 1 aromatic heterocycles. The summed E-state index contributed by atoms with van der Waals surface area (Å²) in [4.78, 5) is 19.4. The van der Waals surface area contributed by atoms with Crippen molar-refractivity contribution >= 4 is 27.8 Å². The van der Waals surface area contributed by atoms with Crippen LogP contribution in [0.4, 0.5) is 10.3 Å². The van der Waals surface area contributed by atoms with Gasteiger partial charge in [-0.3, -0.25) is 10.1 Å². The molecule has 0 fully saturated rings. The van der Waals surface area contributed by atoms with Gasteiger partial charge in [0.2, 0.25) is 5.95 Å². The number of benzene rings is 1. The number of carbonyl (C=O) groups is 1. The molecule has 0 saturated heterocycles. The van der Waals surface area contributed by atoms with E-state index < -0.39 is 11.7 Å². The largest absolute Gasteiger partial charge is 0.290 e. The maximum Gasteiger partial charge on any atom is 0.258 e. The van der Waals surface area contributed by atoms with E-state index in [1.807, 2.05) is 0 Å². The number of hydrogen-bond acceptors (Lipinski definition) is 3. The molecule has 1 aromatic carbocycles. The van der Waals surface area contributed by atoms with Crippen molar-refractivity contribution in [1.29, 1.82) is 0 Å². The first-order chi connectivity index (χ1) is 8.15. The Hall–Kier alpha value is -1.82. The molecule has 0 aliphatic carbocycles. The molecule has 0 radical (unpaired) electrons. The fourth-order valence-corrected chi connectivity index (χ4v) is 1.39. The van der Waals surface area contributed by atoms with Gasteiger partial charge < -0.3 is 0 Å². The molecule has 86 valence electrons. The van der Waals surface area contributed by atoms with E-state index >= 15 is 0 Å². The SMILES string of the molecule is O=C(Nc1ncc(Br)cn1)c1cccc(F)c1. The summed E-state index contributed by atoms with van der Waals surface area (Å²) in [6, 6.07) is 5.39. The first-order valence-corrected chi connectivity index (χ1v) is 5.49. The minimum atomic E-state index is -0.464. The molecule has 2 aromatic rings. The number of anilines is 1. The van der Waals surface area contributed by atoms with Crippen molar-refractivity contribution < 1.29 is 9.18 Å². The van der Waals surface area contributed by atoms with E-state index in [2.05, 4.69) is 31.2 Å². The van der Waals surface area contributed by atoms with Crippen molar-refractivity contribution in [3.63, 3.8) is 0 Å². The van der Waals surface area contributed by atoms with Crippen LogP contribution < -0.4 is 5.32 Å². The average molecular weight is 296 g/mol. The summed E-state index contributed by atoms with van der Waals surface area (Å²) < 4.78 is 13.6. The summed E-state index contributed by atoms with van der Waals surface area (Å²) in [7, 11) is 0. The summed E-state index contributed by atoms with van der Waals surface area (Å²) in [5, 5.41) is 2.46. The lowest BCUT2D eigenvalue weighted by Gasteiger charge is -2.03. The Balaban J connectivity index is 2.14. The Kier molecular flexibility index (Phi) is 3.43. The molecule has 4 nitrogen and oxygen atoms in total. The molecule has 1 N–H and O–H groups in total. The molecule has 1 heterocycles. The molecule has 6 heteroatoms. The topological polar surface area (TPSA) is 54.9 Å². The Morgan fingerprint density at radius 1 is 1.29 bits per heavy atom. The zero-order valence-electron chi connectivity index (χ0n) is 8.52. The van der Waals surface area contributed by atoms with Gasteiger partial charge >= 0.3 is 0 Å². The van der Waals surface area contributed by atoms with Crippen molar-refractivity contribution in [2.75, 3.05) is 5.32 Å². The van der Waals surface area contributed by atoms with Crippen LogP contribution in [0, 0.1) is 5.82 Å². The van der Waals surface area contributed by atoms with Gasteiger partial charge in [0.25, 0.3) is 5.91 Å². The zero-order chi connectivity index (χ0) is 12.3. The maximum absolute atomic E-state index is 12.9. The second-order valence-corrected chi connectivity index (χ2v) is 4.11. The highest BCUT2D eigenvalue weighted by Crippen LogP contribution is 2.09. The van der Waals surface area contributed by atoms with Crippen LogP contribution in [-0.4, -0.2) is 15.9 Å². The van der Waals surface area contributed by atoms with E-state index in [1.165, 1.54) is 30.6 Å². The Bertz CT molecular complexity index is 545. The van der Waals surface area contributed by atoms with Gasteiger partial charge in [0.05, 0.1) is 4.47 Å². The third kappa shape index (κ3) is 3.07. The lowest BCUT2D eigenvalue weighted by atomic mass is 10.2. The number of rotatable bonds is 2. The van der Waals surface area contributed by atoms with Gasteiger partial charge in [-0.15, -0.1) is 0 Å². The molecule has 0 atom stereocenters. The quantitative estimate of drug-likeness (QED) is 0.927. The molecule has 0 saturated carbocycles. The van der Waals surface area contributed by atoms with Gasteiger partial charge in [0, 0.05) is 18.0 Å². The maximum atomic E-state index is 12.9. The van der Waals surface area contributed by atoms with E-state index in [1.54, 1.807) is 0 Å². The summed E-state index contributed by atoms with van der Waals surface area (Å²) in [6.45, 7) is 0. The molecule has 0 bridgehead atoms. The first kappa shape index (κ1) is 11.7.